The number of aliphatic hydroxyl groups excluding tert-OH is 1. The van der Waals surface area contributed by atoms with Crippen LogP contribution in [0.5, 0.6) is 11.5 Å². The van der Waals surface area contributed by atoms with Crippen molar-refractivity contribution < 1.29 is 19.4 Å². The van der Waals surface area contributed by atoms with Gasteiger partial charge in [-0.2, -0.15) is 0 Å². The molecule has 0 spiro atoms. The first kappa shape index (κ1) is 18.5. The maximum Gasteiger partial charge on any atom is 0.255 e. The van der Waals surface area contributed by atoms with Crippen molar-refractivity contribution in [1.82, 2.24) is 4.98 Å². The molecule has 0 saturated carbocycles. The summed E-state index contributed by atoms with van der Waals surface area (Å²) >= 11 is 0. The maximum atomic E-state index is 12.4. The molecule has 0 aliphatic rings. The van der Waals surface area contributed by atoms with Crippen molar-refractivity contribution in [3.05, 3.63) is 42.1 Å². The molecule has 2 aromatic rings. The van der Waals surface area contributed by atoms with E-state index in [0.717, 1.165) is 6.42 Å². The Balaban J connectivity index is 2.05. The predicted molar refractivity (Wildman–Crippen MR) is 96.5 cm³/mol. The third-order valence-electron chi connectivity index (χ3n) is 3.73. The lowest BCUT2D eigenvalue weighted by atomic mass is 10.2. The van der Waals surface area contributed by atoms with Gasteiger partial charge in [-0.1, -0.05) is 6.92 Å². The van der Waals surface area contributed by atoms with Crippen molar-refractivity contribution in [3.63, 3.8) is 0 Å². The SMILES string of the molecule is CCC(CO)Nc1ccc(NC(=O)c2ccc(OC)c(OC)c2)cn1. The first-order valence-corrected chi connectivity index (χ1v) is 7.98. The zero-order valence-electron chi connectivity index (χ0n) is 14.6. The number of aliphatic hydroxyl groups is 1. The van der Waals surface area contributed by atoms with Gasteiger partial charge in [0.2, 0.25) is 0 Å². The van der Waals surface area contributed by atoms with Crippen LogP contribution < -0.4 is 20.1 Å². The van der Waals surface area contributed by atoms with Crippen LogP contribution in [-0.4, -0.2) is 42.9 Å². The number of pyridine rings is 1. The van der Waals surface area contributed by atoms with E-state index < -0.39 is 0 Å². The fourth-order valence-electron chi connectivity index (χ4n) is 2.22. The van der Waals surface area contributed by atoms with Crippen LogP contribution in [0.3, 0.4) is 0 Å². The summed E-state index contributed by atoms with van der Waals surface area (Å²) in [6, 6.07) is 8.41. The van der Waals surface area contributed by atoms with E-state index in [-0.39, 0.29) is 18.6 Å². The lowest BCUT2D eigenvalue weighted by Gasteiger charge is -2.15. The number of rotatable bonds is 8. The van der Waals surface area contributed by atoms with Crippen LogP contribution in [-0.2, 0) is 0 Å². The van der Waals surface area contributed by atoms with Crippen LogP contribution in [0.15, 0.2) is 36.5 Å². The van der Waals surface area contributed by atoms with Gasteiger partial charge in [0, 0.05) is 5.56 Å². The first-order chi connectivity index (χ1) is 12.1. The molecular formula is C18H23N3O4. The van der Waals surface area contributed by atoms with Crippen LogP contribution >= 0.6 is 0 Å². The third kappa shape index (κ3) is 4.84. The Hall–Kier alpha value is -2.80. The van der Waals surface area contributed by atoms with Crippen LogP contribution in [0.2, 0.25) is 0 Å². The average Bonchev–Trinajstić information content (AvgIpc) is 2.66. The Morgan fingerprint density at radius 2 is 1.96 bits per heavy atom. The molecule has 1 aromatic heterocycles. The minimum atomic E-state index is -0.273. The van der Waals surface area contributed by atoms with E-state index in [9.17, 15) is 9.90 Å². The lowest BCUT2D eigenvalue weighted by molar-refractivity contribution is 0.102. The molecule has 25 heavy (non-hydrogen) atoms. The molecule has 0 aliphatic heterocycles. The van der Waals surface area contributed by atoms with E-state index in [1.807, 2.05) is 6.92 Å². The fraction of sp³-hybridized carbons (Fsp3) is 0.333. The molecule has 134 valence electrons. The van der Waals surface area contributed by atoms with E-state index in [2.05, 4.69) is 15.6 Å². The second-order valence-corrected chi connectivity index (χ2v) is 5.39. The molecule has 1 atom stereocenters. The number of aromatic nitrogens is 1. The maximum absolute atomic E-state index is 12.4. The summed E-state index contributed by atoms with van der Waals surface area (Å²) in [7, 11) is 3.06. The van der Waals surface area contributed by atoms with Gasteiger partial charge in [0.25, 0.3) is 5.91 Å². The minimum absolute atomic E-state index is 0.0377. The molecule has 0 bridgehead atoms. The number of amides is 1. The highest BCUT2D eigenvalue weighted by atomic mass is 16.5. The standard InChI is InChI=1S/C18H23N3O4/c1-4-13(11-22)20-17-8-6-14(10-19-17)21-18(23)12-5-7-15(24-2)16(9-12)25-3/h5-10,13,22H,4,11H2,1-3H3,(H,19,20)(H,21,23). The van der Waals surface area contributed by atoms with Gasteiger partial charge >= 0.3 is 0 Å². The van der Waals surface area contributed by atoms with E-state index in [4.69, 9.17) is 9.47 Å². The normalized spacial score (nSPS) is 11.5. The molecular weight excluding hydrogens is 322 g/mol. The molecule has 0 radical (unpaired) electrons. The third-order valence-corrected chi connectivity index (χ3v) is 3.73. The number of carbonyl (C=O) groups is 1. The monoisotopic (exact) mass is 345 g/mol. The van der Waals surface area contributed by atoms with Crippen molar-refractivity contribution in [3.8, 4) is 11.5 Å². The van der Waals surface area contributed by atoms with Crippen molar-refractivity contribution in [1.29, 1.82) is 0 Å². The molecule has 0 fully saturated rings. The molecule has 2 rings (SSSR count). The Morgan fingerprint density at radius 3 is 2.52 bits per heavy atom. The highest BCUT2D eigenvalue weighted by molar-refractivity contribution is 6.04. The van der Waals surface area contributed by atoms with Gasteiger partial charge in [-0.25, -0.2) is 4.98 Å². The zero-order chi connectivity index (χ0) is 18.2. The summed E-state index contributed by atoms with van der Waals surface area (Å²) in [4.78, 5) is 16.6. The topological polar surface area (TPSA) is 92.7 Å². The molecule has 0 aliphatic carbocycles. The van der Waals surface area contributed by atoms with E-state index in [1.54, 1.807) is 43.6 Å². The number of hydrogen-bond donors (Lipinski definition) is 3. The van der Waals surface area contributed by atoms with Gasteiger partial charge in [-0.05, 0) is 36.8 Å². The average molecular weight is 345 g/mol. The molecule has 7 heteroatoms. The van der Waals surface area contributed by atoms with Crippen LogP contribution in [0, 0.1) is 0 Å². The number of benzene rings is 1. The van der Waals surface area contributed by atoms with Gasteiger partial charge in [-0.3, -0.25) is 4.79 Å². The fourth-order valence-corrected chi connectivity index (χ4v) is 2.22. The Labute approximate surface area is 147 Å². The molecule has 7 nitrogen and oxygen atoms in total. The van der Waals surface area contributed by atoms with Crippen molar-refractivity contribution in [2.45, 2.75) is 19.4 Å². The summed E-state index contributed by atoms with van der Waals surface area (Å²) in [5.41, 5.74) is 1.02. The summed E-state index contributed by atoms with van der Waals surface area (Å²) in [5, 5.41) is 15.1. The molecule has 3 N–H and O–H groups in total. The summed E-state index contributed by atoms with van der Waals surface area (Å²) < 4.78 is 10.4. The highest BCUT2D eigenvalue weighted by Gasteiger charge is 2.11. The van der Waals surface area contributed by atoms with Crippen LogP contribution in [0.4, 0.5) is 11.5 Å². The largest absolute Gasteiger partial charge is 0.493 e. The Kier molecular flexibility index (Phi) is 6.59. The van der Waals surface area contributed by atoms with Crippen LogP contribution in [0.1, 0.15) is 23.7 Å². The second kappa shape index (κ2) is 8.89. The Morgan fingerprint density at radius 1 is 1.20 bits per heavy atom. The number of nitrogens with one attached hydrogen (secondary N) is 2. The molecule has 1 amide bonds. The Bertz CT molecular complexity index is 700. The van der Waals surface area contributed by atoms with E-state index in [1.165, 1.54) is 7.11 Å². The van der Waals surface area contributed by atoms with E-state index in [0.29, 0.717) is 28.6 Å². The highest BCUT2D eigenvalue weighted by Crippen LogP contribution is 2.27. The van der Waals surface area contributed by atoms with Crippen molar-refractivity contribution in [2.24, 2.45) is 0 Å². The number of carbonyl (C=O) groups excluding carboxylic acids is 1. The number of nitrogens with zero attached hydrogens (tertiary/aromatic N) is 1. The molecule has 1 heterocycles. The van der Waals surface area contributed by atoms with Crippen LogP contribution in [0.25, 0.3) is 0 Å². The van der Waals surface area contributed by atoms with Crippen molar-refractivity contribution in [2.75, 3.05) is 31.5 Å². The smallest absolute Gasteiger partial charge is 0.255 e. The molecule has 0 saturated heterocycles. The number of anilines is 2. The molecule has 1 unspecified atom stereocenters. The van der Waals surface area contributed by atoms with E-state index >= 15 is 0 Å². The summed E-state index contributed by atoms with van der Waals surface area (Å²) in [6.45, 7) is 2.02. The lowest BCUT2D eigenvalue weighted by Crippen LogP contribution is -2.23. The number of methoxy groups -OCH3 is 2. The second-order valence-electron chi connectivity index (χ2n) is 5.39. The number of ether oxygens (including phenoxy) is 2. The molecule has 1 aromatic carbocycles. The van der Waals surface area contributed by atoms with Gasteiger partial charge in [0.15, 0.2) is 11.5 Å². The van der Waals surface area contributed by atoms with Gasteiger partial charge < -0.3 is 25.2 Å². The van der Waals surface area contributed by atoms with Gasteiger partial charge in [0.05, 0.1) is 38.8 Å². The summed E-state index contributed by atoms with van der Waals surface area (Å²) in [6.07, 6.45) is 2.35. The number of hydrogen-bond acceptors (Lipinski definition) is 6. The van der Waals surface area contributed by atoms with Crippen molar-refractivity contribution >= 4 is 17.4 Å². The van der Waals surface area contributed by atoms with Gasteiger partial charge in [-0.15, -0.1) is 0 Å². The quantitative estimate of drug-likeness (QED) is 0.681. The van der Waals surface area contributed by atoms with Gasteiger partial charge in [0.1, 0.15) is 5.82 Å². The predicted octanol–water partition coefficient (Wildman–Crippen LogP) is 2.53. The first-order valence-electron chi connectivity index (χ1n) is 7.98. The zero-order valence-corrected chi connectivity index (χ0v) is 14.6. The summed E-state index contributed by atoms with van der Waals surface area (Å²) in [5.74, 6) is 1.42. The minimum Gasteiger partial charge on any atom is -0.493 e.